The molecule has 4 nitrogen and oxygen atoms in total. The van der Waals surface area contributed by atoms with Gasteiger partial charge in [0.1, 0.15) is 0 Å². The smallest absolute Gasteiger partial charge is 0.310 e. The highest BCUT2D eigenvalue weighted by Crippen LogP contribution is 2.47. The summed E-state index contributed by atoms with van der Waals surface area (Å²) in [5.74, 6) is -0.659. The second-order valence-electron chi connectivity index (χ2n) is 5.74. The summed E-state index contributed by atoms with van der Waals surface area (Å²) in [6, 6.07) is 17.4. The van der Waals surface area contributed by atoms with Crippen LogP contribution in [0, 0.1) is 0 Å². The third-order valence-corrected chi connectivity index (χ3v) is 5.83. The van der Waals surface area contributed by atoms with Crippen molar-refractivity contribution >= 4 is 46.3 Å². The Kier molecular flexibility index (Phi) is 4.77. The second-order valence-corrected chi connectivity index (χ2v) is 7.60. The van der Waals surface area contributed by atoms with Crippen molar-refractivity contribution in [2.24, 2.45) is 0 Å². The van der Waals surface area contributed by atoms with Gasteiger partial charge in [-0.2, -0.15) is 11.3 Å². The van der Waals surface area contributed by atoms with Gasteiger partial charge in [-0.25, -0.2) is 0 Å². The Morgan fingerprint density at radius 1 is 0.923 bits per heavy atom. The Labute approximate surface area is 159 Å². The third kappa shape index (κ3) is 3.38. The Balaban J connectivity index is 1.53. The molecule has 0 unspecified atom stereocenters. The maximum atomic E-state index is 12.9. The summed E-state index contributed by atoms with van der Waals surface area (Å²) in [5, 5.41) is 3.81. The van der Waals surface area contributed by atoms with Crippen LogP contribution in [0.15, 0.2) is 75.1 Å². The van der Waals surface area contributed by atoms with Gasteiger partial charge in [0.05, 0.1) is 17.8 Å². The van der Waals surface area contributed by atoms with Gasteiger partial charge in [0.15, 0.2) is 6.61 Å². The van der Waals surface area contributed by atoms with Crippen LogP contribution in [-0.4, -0.2) is 18.5 Å². The number of carbonyl (C=O) groups is 2. The van der Waals surface area contributed by atoms with Crippen molar-refractivity contribution in [2.45, 2.75) is 16.2 Å². The van der Waals surface area contributed by atoms with Gasteiger partial charge in [-0.1, -0.05) is 36.0 Å². The van der Waals surface area contributed by atoms with Crippen molar-refractivity contribution in [3.05, 3.63) is 70.9 Å². The van der Waals surface area contributed by atoms with Crippen LogP contribution in [0.4, 0.5) is 11.4 Å². The van der Waals surface area contributed by atoms with E-state index in [1.54, 1.807) is 16.7 Å². The predicted molar refractivity (Wildman–Crippen MR) is 103 cm³/mol. The van der Waals surface area contributed by atoms with E-state index in [-0.39, 0.29) is 18.9 Å². The number of ether oxygens (including phenoxy) is 1. The maximum Gasteiger partial charge on any atom is 0.310 e. The summed E-state index contributed by atoms with van der Waals surface area (Å²) >= 11 is 3.16. The molecule has 1 aliphatic heterocycles. The molecule has 0 atom stereocenters. The number of thiophene rings is 1. The molecule has 0 bridgehead atoms. The predicted octanol–water partition coefficient (Wildman–Crippen LogP) is 4.66. The molecule has 0 radical (unpaired) electrons. The van der Waals surface area contributed by atoms with Gasteiger partial charge in [0.2, 0.25) is 0 Å². The summed E-state index contributed by atoms with van der Waals surface area (Å²) in [5.41, 5.74) is 2.53. The number of para-hydroxylation sites is 2. The first-order valence-electron chi connectivity index (χ1n) is 8.08. The number of rotatable bonds is 4. The Morgan fingerprint density at radius 3 is 2.19 bits per heavy atom. The van der Waals surface area contributed by atoms with Gasteiger partial charge in [-0.05, 0) is 46.7 Å². The van der Waals surface area contributed by atoms with Gasteiger partial charge in [-0.3, -0.25) is 14.5 Å². The zero-order valence-electron chi connectivity index (χ0n) is 13.8. The molecule has 1 aliphatic rings. The van der Waals surface area contributed by atoms with Crippen LogP contribution in [0.1, 0.15) is 5.56 Å². The van der Waals surface area contributed by atoms with Crippen molar-refractivity contribution in [1.29, 1.82) is 0 Å². The number of benzene rings is 2. The van der Waals surface area contributed by atoms with Crippen LogP contribution < -0.4 is 4.90 Å². The Hall–Kier alpha value is -2.57. The third-order valence-electron chi connectivity index (χ3n) is 3.97. The molecule has 6 heteroatoms. The topological polar surface area (TPSA) is 46.6 Å². The van der Waals surface area contributed by atoms with Crippen LogP contribution in [-0.2, 0) is 20.7 Å². The van der Waals surface area contributed by atoms with E-state index in [1.165, 1.54) is 11.3 Å². The van der Waals surface area contributed by atoms with Gasteiger partial charge >= 0.3 is 5.97 Å². The molecule has 0 spiro atoms. The first-order valence-corrected chi connectivity index (χ1v) is 9.84. The van der Waals surface area contributed by atoms with E-state index in [0.29, 0.717) is 0 Å². The summed E-state index contributed by atoms with van der Waals surface area (Å²) in [6.07, 6.45) is 0.180. The fourth-order valence-corrected chi connectivity index (χ4v) is 4.52. The molecule has 0 aliphatic carbocycles. The SMILES string of the molecule is O=C(Cc1ccsc1)OCC(=O)N1c2ccccc2Sc2ccccc21. The number of hydrogen-bond donors (Lipinski definition) is 0. The van der Waals surface area contributed by atoms with Crippen molar-refractivity contribution < 1.29 is 14.3 Å². The van der Waals surface area contributed by atoms with Crippen molar-refractivity contribution in [1.82, 2.24) is 0 Å². The summed E-state index contributed by atoms with van der Waals surface area (Å²) in [6.45, 7) is -0.281. The molecule has 1 amide bonds. The van der Waals surface area contributed by atoms with Crippen LogP contribution in [0.25, 0.3) is 0 Å². The van der Waals surface area contributed by atoms with E-state index in [9.17, 15) is 9.59 Å². The normalized spacial score (nSPS) is 12.2. The molecule has 0 saturated heterocycles. The molecule has 130 valence electrons. The van der Waals surface area contributed by atoms with Gasteiger partial charge in [0, 0.05) is 9.79 Å². The minimum atomic E-state index is -0.398. The molecule has 2 heterocycles. The van der Waals surface area contributed by atoms with Crippen LogP contribution in [0.5, 0.6) is 0 Å². The van der Waals surface area contributed by atoms with E-state index in [1.807, 2.05) is 65.4 Å². The number of amides is 1. The molecule has 2 aromatic carbocycles. The van der Waals surface area contributed by atoms with Crippen molar-refractivity contribution in [3.63, 3.8) is 0 Å². The number of carbonyl (C=O) groups excluding carboxylic acids is 2. The molecule has 0 saturated carbocycles. The highest BCUT2D eigenvalue weighted by atomic mass is 32.2. The average molecular weight is 381 g/mol. The fourth-order valence-electron chi connectivity index (χ4n) is 2.79. The van der Waals surface area contributed by atoms with Gasteiger partial charge in [-0.15, -0.1) is 0 Å². The lowest BCUT2D eigenvalue weighted by Gasteiger charge is -2.30. The summed E-state index contributed by atoms with van der Waals surface area (Å²) < 4.78 is 5.23. The fraction of sp³-hybridized carbons (Fsp3) is 0.100. The van der Waals surface area contributed by atoms with Crippen molar-refractivity contribution in [2.75, 3.05) is 11.5 Å². The number of hydrogen-bond acceptors (Lipinski definition) is 5. The van der Waals surface area contributed by atoms with E-state index >= 15 is 0 Å². The lowest BCUT2D eigenvalue weighted by atomic mass is 10.2. The molecular formula is C20H15NO3S2. The zero-order chi connectivity index (χ0) is 17.9. The van der Waals surface area contributed by atoms with Crippen LogP contribution in [0.2, 0.25) is 0 Å². The van der Waals surface area contributed by atoms with E-state index in [0.717, 1.165) is 26.7 Å². The molecular weight excluding hydrogens is 366 g/mol. The second kappa shape index (κ2) is 7.35. The minimum Gasteiger partial charge on any atom is -0.455 e. The Bertz CT molecular complexity index is 908. The van der Waals surface area contributed by atoms with E-state index in [2.05, 4.69) is 0 Å². The number of fused-ring (bicyclic) bond motifs is 2. The summed E-state index contributed by atoms with van der Waals surface area (Å²) in [4.78, 5) is 28.5. The lowest BCUT2D eigenvalue weighted by Crippen LogP contribution is -2.32. The largest absolute Gasteiger partial charge is 0.455 e. The molecule has 0 fully saturated rings. The van der Waals surface area contributed by atoms with Crippen LogP contribution in [0.3, 0.4) is 0 Å². The molecule has 26 heavy (non-hydrogen) atoms. The standard InChI is InChI=1S/C20H15NO3S2/c22-19(12-24-20(23)11-14-9-10-25-13-14)21-15-5-1-3-7-17(15)26-18-8-4-2-6-16(18)21/h1-10,13H,11-12H2. The molecule has 1 aromatic heterocycles. The summed E-state index contributed by atoms with van der Waals surface area (Å²) in [7, 11) is 0. The highest BCUT2D eigenvalue weighted by Gasteiger charge is 2.28. The van der Waals surface area contributed by atoms with E-state index < -0.39 is 5.97 Å². The number of nitrogens with zero attached hydrogens (tertiary/aromatic N) is 1. The zero-order valence-corrected chi connectivity index (χ0v) is 15.4. The minimum absolute atomic E-state index is 0.180. The number of anilines is 2. The van der Waals surface area contributed by atoms with Crippen LogP contribution >= 0.6 is 23.1 Å². The lowest BCUT2D eigenvalue weighted by molar-refractivity contribution is -0.147. The molecule has 3 aromatic rings. The first kappa shape index (κ1) is 16.9. The maximum absolute atomic E-state index is 12.9. The Morgan fingerprint density at radius 2 is 1.58 bits per heavy atom. The number of esters is 1. The monoisotopic (exact) mass is 381 g/mol. The van der Waals surface area contributed by atoms with E-state index in [4.69, 9.17) is 4.74 Å². The first-order chi connectivity index (χ1) is 12.7. The highest BCUT2D eigenvalue weighted by molar-refractivity contribution is 7.99. The van der Waals surface area contributed by atoms with Crippen molar-refractivity contribution in [3.8, 4) is 0 Å². The van der Waals surface area contributed by atoms with Gasteiger partial charge in [0.25, 0.3) is 5.91 Å². The average Bonchev–Trinajstić information content (AvgIpc) is 3.17. The molecule has 0 N–H and O–H groups in total. The quantitative estimate of drug-likeness (QED) is 0.617. The van der Waals surface area contributed by atoms with Gasteiger partial charge < -0.3 is 4.74 Å². The molecule has 4 rings (SSSR count).